The molecule has 190 valence electrons. The van der Waals surface area contributed by atoms with Crippen molar-refractivity contribution in [3.8, 4) is 0 Å². The fourth-order valence-electron chi connectivity index (χ4n) is 4.13. The van der Waals surface area contributed by atoms with E-state index in [1.54, 1.807) is 0 Å². The van der Waals surface area contributed by atoms with Gasteiger partial charge < -0.3 is 9.47 Å². The molecule has 3 atom stereocenters. The Hall–Kier alpha value is -1.40. The Bertz CT molecular complexity index is 800. The third-order valence-corrected chi connectivity index (χ3v) is 7.16. The Kier molecular flexibility index (Phi) is 12.6. The highest BCUT2D eigenvalue weighted by Crippen LogP contribution is 2.35. The van der Waals surface area contributed by atoms with Crippen LogP contribution in [0.25, 0.3) is 0 Å². The molecule has 0 bridgehead atoms. The zero-order valence-electron chi connectivity index (χ0n) is 22.0. The van der Waals surface area contributed by atoms with Crippen molar-refractivity contribution < 1.29 is 14.3 Å². The van der Waals surface area contributed by atoms with E-state index in [9.17, 15) is 4.79 Å². The van der Waals surface area contributed by atoms with Gasteiger partial charge in [0.2, 0.25) is 0 Å². The molecule has 0 aromatic carbocycles. The molecule has 34 heavy (non-hydrogen) atoms. The number of Topliss-reactive ketones (excluding diaryl/α,β-unsaturated/α-hetero) is 1. The SMILES string of the molecule is C=C(C)CCC=C(C)C.C=C(C)CCO[C@@H]1C=C(CN2CCSCC2)[C@H]2CC(=O)C(C)=C[C@H]2O1. The number of ketones is 1. The molecule has 0 aromatic rings. The van der Waals surface area contributed by atoms with Gasteiger partial charge in [0.15, 0.2) is 12.1 Å². The molecule has 1 saturated heterocycles. The quantitative estimate of drug-likeness (QED) is 0.347. The number of rotatable bonds is 9. The topological polar surface area (TPSA) is 38.8 Å². The maximum Gasteiger partial charge on any atom is 0.177 e. The van der Waals surface area contributed by atoms with Gasteiger partial charge in [-0.3, -0.25) is 9.69 Å². The van der Waals surface area contributed by atoms with Crippen molar-refractivity contribution in [2.24, 2.45) is 5.92 Å². The summed E-state index contributed by atoms with van der Waals surface area (Å²) < 4.78 is 12.1. The molecule has 4 nitrogen and oxygen atoms in total. The van der Waals surface area contributed by atoms with Crippen molar-refractivity contribution in [1.29, 1.82) is 0 Å². The lowest BCUT2D eigenvalue weighted by Gasteiger charge is -2.39. The van der Waals surface area contributed by atoms with E-state index in [1.165, 1.54) is 28.2 Å². The number of thioether (sulfide) groups is 1. The van der Waals surface area contributed by atoms with Crippen LogP contribution in [0, 0.1) is 5.92 Å². The lowest BCUT2D eigenvalue weighted by molar-refractivity contribution is -0.153. The molecule has 0 radical (unpaired) electrons. The number of carbonyl (C=O) groups excluding carboxylic acids is 1. The molecule has 0 N–H and O–H groups in total. The molecule has 2 aliphatic heterocycles. The van der Waals surface area contributed by atoms with Crippen molar-refractivity contribution in [2.45, 2.75) is 72.7 Å². The molecule has 1 fully saturated rings. The van der Waals surface area contributed by atoms with Gasteiger partial charge in [-0.25, -0.2) is 0 Å². The molecule has 5 heteroatoms. The molecule has 0 unspecified atom stereocenters. The molecule has 0 saturated carbocycles. The number of hydrogen-bond donors (Lipinski definition) is 0. The Balaban J connectivity index is 0.000000387. The largest absolute Gasteiger partial charge is 0.349 e. The van der Waals surface area contributed by atoms with E-state index in [4.69, 9.17) is 9.47 Å². The summed E-state index contributed by atoms with van der Waals surface area (Å²) in [5.41, 5.74) is 5.91. The highest BCUT2D eigenvalue weighted by molar-refractivity contribution is 7.99. The third kappa shape index (κ3) is 10.5. The summed E-state index contributed by atoms with van der Waals surface area (Å²) in [7, 11) is 0. The van der Waals surface area contributed by atoms with Crippen molar-refractivity contribution >= 4 is 17.5 Å². The van der Waals surface area contributed by atoms with Crippen LogP contribution >= 0.6 is 11.8 Å². The predicted octanol–water partition coefficient (Wildman–Crippen LogP) is 6.51. The Labute approximate surface area is 212 Å². The predicted molar refractivity (Wildman–Crippen MR) is 146 cm³/mol. The number of hydrogen-bond acceptors (Lipinski definition) is 5. The third-order valence-electron chi connectivity index (χ3n) is 6.22. The second kappa shape index (κ2) is 14.9. The van der Waals surface area contributed by atoms with E-state index in [0.717, 1.165) is 50.0 Å². The van der Waals surface area contributed by atoms with Crippen molar-refractivity contribution in [1.82, 2.24) is 4.90 Å². The molecule has 0 amide bonds. The van der Waals surface area contributed by atoms with Crippen LogP contribution in [0.15, 0.2) is 59.3 Å². The van der Waals surface area contributed by atoms with Crippen molar-refractivity contribution in [2.75, 3.05) is 37.7 Å². The monoisotopic (exact) mass is 487 g/mol. The highest BCUT2D eigenvalue weighted by atomic mass is 32.2. The average molecular weight is 488 g/mol. The van der Waals surface area contributed by atoms with Gasteiger partial charge in [-0.15, -0.1) is 13.2 Å². The number of fused-ring (bicyclic) bond motifs is 1. The van der Waals surface area contributed by atoms with Gasteiger partial charge in [0.1, 0.15) is 0 Å². The van der Waals surface area contributed by atoms with E-state index in [2.05, 4.69) is 51.0 Å². The summed E-state index contributed by atoms with van der Waals surface area (Å²) in [6, 6.07) is 0. The normalized spacial score (nSPS) is 24.7. The summed E-state index contributed by atoms with van der Waals surface area (Å²) in [6.07, 6.45) is 9.65. The molecule has 0 spiro atoms. The minimum Gasteiger partial charge on any atom is -0.349 e. The van der Waals surface area contributed by atoms with Crippen LogP contribution in [0.1, 0.15) is 60.3 Å². The van der Waals surface area contributed by atoms with Gasteiger partial charge in [-0.1, -0.05) is 22.8 Å². The first-order chi connectivity index (χ1) is 16.2. The number of carbonyl (C=O) groups is 1. The minimum atomic E-state index is -0.327. The Morgan fingerprint density at radius 3 is 2.44 bits per heavy atom. The first-order valence-corrected chi connectivity index (χ1v) is 13.7. The van der Waals surface area contributed by atoms with Crippen LogP contribution in [-0.2, 0) is 14.3 Å². The summed E-state index contributed by atoms with van der Waals surface area (Å²) in [4.78, 5) is 14.7. The number of nitrogens with zero attached hydrogens (tertiary/aromatic N) is 1. The van der Waals surface area contributed by atoms with Crippen LogP contribution in [0.5, 0.6) is 0 Å². The number of ether oxygens (including phenoxy) is 2. The van der Waals surface area contributed by atoms with E-state index in [-0.39, 0.29) is 24.1 Å². The Morgan fingerprint density at radius 2 is 1.82 bits per heavy atom. The lowest BCUT2D eigenvalue weighted by atomic mass is 9.80. The minimum absolute atomic E-state index is 0.0494. The molecule has 1 aliphatic carbocycles. The zero-order chi connectivity index (χ0) is 25.1. The van der Waals surface area contributed by atoms with Gasteiger partial charge in [0.25, 0.3) is 0 Å². The molecule has 3 rings (SSSR count). The summed E-state index contributed by atoms with van der Waals surface area (Å²) in [5, 5.41) is 0. The van der Waals surface area contributed by atoms with Gasteiger partial charge >= 0.3 is 0 Å². The summed E-state index contributed by atoms with van der Waals surface area (Å²) in [6.45, 7) is 21.7. The lowest BCUT2D eigenvalue weighted by Crippen LogP contribution is -2.43. The fraction of sp³-hybridized carbons (Fsp3) is 0.621. The first kappa shape index (κ1) is 28.8. The smallest absolute Gasteiger partial charge is 0.177 e. The van der Waals surface area contributed by atoms with E-state index >= 15 is 0 Å². The van der Waals surface area contributed by atoms with Crippen molar-refractivity contribution in [3.63, 3.8) is 0 Å². The highest BCUT2D eigenvalue weighted by Gasteiger charge is 2.37. The van der Waals surface area contributed by atoms with Crippen LogP contribution in [-0.4, -0.2) is 60.8 Å². The van der Waals surface area contributed by atoms with Gasteiger partial charge in [0.05, 0.1) is 12.7 Å². The van der Waals surface area contributed by atoms with Crippen LogP contribution < -0.4 is 0 Å². The maximum atomic E-state index is 12.2. The summed E-state index contributed by atoms with van der Waals surface area (Å²) in [5.74, 6) is 2.78. The van der Waals surface area contributed by atoms with E-state index in [1.807, 2.05) is 31.7 Å². The standard InChI is InChI=1S/C20H29NO3S.C9H16/c1-14(2)4-7-23-20-11-16(13-21-5-8-25-9-6-21)17-12-18(22)15(3)10-19(17)24-20;1-8(2)6-5-7-9(3)4/h10-11,17,19-20H,1,4-9,12-13H2,2-3H3;7H,1,5-6H2,2-4H3/t17-,19-,20+;/m1./s1. The average Bonchev–Trinajstić information content (AvgIpc) is 2.75. The van der Waals surface area contributed by atoms with Gasteiger partial charge in [-0.05, 0) is 77.2 Å². The van der Waals surface area contributed by atoms with Crippen LogP contribution in [0.3, 0.4) is 0 Å². The molecule has 3 aliphatic rings. The Morgan fingerprint density at radius 1 is 1.15 bits per heavy atom. The molecular weight excluding hydrogens is 442 g/mol. The fourth-order valence-corrected chi connectivity index (χ4v) is 5.11. The molecular formula is C29H45NO3S. The van der Waals surface area contributed by atoms with Crippen LogP contribution in [0.2, 0.25) is 0 Å². The van der Waals surface area contributed by atoms with E-state index < -0.39 is 0 Å². The van der Waals surface area contributed by atoms with Gasteiger partial charge in [-0.2, -0.15) is 11.8 Å². The van der Waals surface area contributed by atoms with Gasteiger partial charge in [0, 0.05) is 43.5 Å². The molecule has 0 aromatic heterocycles. The van der Waals surface area contributed by atoms with Crippen LogP contribution in [0.4, 0.5) is 0 Å². The first-order valence-electron chi connectivity index (χ1n) is 12.6. The zero-order valence-corrected chi connectivity index (χ0v) is 22.8. The second-order valence-corrected chi connectivity index (χ2v) is 11.3. The second-order valence-electron chi connectivity index (χ2n) is 10.0. The maximum absolute atomic E-state index is 12.2. The molecule has 2 heterocycles. The van der Waals surface area contributed by atoms with Crippen molar-refractivity contribution in [3.05, 3.63) is 59.3 Å². The summed E-state index contributed by atoms with van der Waals surface area (Å²) >= 11 is 2.02. The van der Waals surface area contributed by atoms with E-state index in [0.29, 0.717) is 13.0 Å². The number of allylic oxidation sites excluding steroid dienone is 4.